The van der Waals surface area contributed by atoms with E-state index in [4.69, 9.17) is 0 Å². The number of aryl methyl sites for hydroxylation is 3. The van der Waals surface area contributed by atoms with Crippen molar-refractivity contribution in [3.05, 3.63) is 77.4 Å². The van der Waals surface area contributed by atoms with Crippen molar-refractivity contribution in [3.63, 3.8) is 0 Å². The Bertz CT molecular complexity index is 837. The van der Waals surface area contributed by atoms with E-state index in [-0.39, 0.29) is 11.9 Å². The van der Waals surface area contributed by atoms with E-state index in [2.05, 4.69) is 20.3 Å². The maximum atomic E-state index is 12.7. The molecular weight excluding hydrogens is 302 g/mol. The second-order valence-electron chi connectivity index (χ2n) is 5.66. The number of hydrogen-bond acceptors (Lipinski definition) is 4. The predicted octanol–water partition coefficient (Wildman–Crippen LogP) is 2.35. The molecule has 0 fully saturated rings. The van der Waals surface area contributed by atoms with Crippen molar-refractivity contribution in [1.82, 2.24) is 24.8 Å². The Labute approximate surface area is 140 Å². The second-order valence-corrected chi connectivity index (χ2v) is 5.66. The van der Waals surface area contributed by atoms with Crippen LogP contribution >= 0.6 is 0 Å². The monoisotopic (exact) mass is 321 g/mol. The third-order valence-corrected chi connectivity index (χ3v) is 3.72. The van der Waals surface area contributed by atoms with Crippen LogP contribution in [-0.2, 0) is 7.05 Å². The summed E-state index contributed by atoms with van der Waals surface area (Å²) in [5.41, 5.74) is 2.08. The number of rotatable bonds is 4. The molecule has 2 heterocycles. The largest absolute Gasteiger partial charge is 0.337 e. The van der Waals surface area contributed by atoms with Gasteiger partial charge in [-0.3, -0.25) is 4.79 Å². The number of hydrogen-bond donors (Lipinski definition) is 1. The van der Waals surface area contributed by atoms with Gasteiger partial charge in [0.25, 0.3) is 5.91 Å². The standard InChI is InChI=1S/C18H19N5O/c1-12-11-15(21-13(2)20-12)18(24)22-16(14-7-5-4-6-8-14)17-19-9-10-23(17)3/h4-11,16H,1-3H3,(H,22,24)/t16-/m0/s1. The smallest absolute Gasteiger partial charge is 0.270 e. The highest BCUT2D eigenvalue weighted by molar-refractivity contribution is 5.92. The van der Waals surface area contributed by atoms with Crippen molar-refractivity contribution in [3.8, 4) is 0 Å². The van der Waals surface area contributed by atoms with Gasteiger partial charge in [-0.1, -0.05) is 30.3 Å². The normalized spacial score (nSPS) is 12.0. The van der Waals surface area contributed by atoms with Gasteiger partial charge in [0.15, 0.2) is 0 Å². The van der Waals surface area contributed by atoms with E-state index in [0.717, 1.165) is 17.1 Å². The van der Waals surface area contributed by atoms with Gasteiger partial charge in [-0.25, -0.2) is 15.0 Å². The second kappa shape index (κ2) is 6.62. The molecule has 122 valence electrons. The molecule has 0 aliphatic carbocycles. The number of benzene rings is 1. The fraction of sp³-hybridized carbons (Fsp3) is 0.222. The first-order valence-electron chi connectivity index (χ1n) is 7.70. The van der Waals surface area contributed by atoms with E-state index in [1.165, 1.54) is 0 Å². The first-order valence-corrected chi connectivity index (χ1v) is 7.70. The van der Waals surface area contributed by atoms with E-state index in [1.807, 2.05) is 55.1 Å². The van der Waals surface area contributed by atoms with Gasteiger partial charge < -0.3 is 9.88 Å². The van der Waals surface area contributed by atoms with Gasteiger partial charge >= 0.3 is 0 Å². The van der Waals surface area contributed by atoms with Crippen LogP contribution in [0.1, 0.15) is 39.4 Å². The summed E-state index contributed by atoms with van der Waals surface area (Å²) < 4.78 is 1.90. The number of imidazole rings is 1. The van der Waals surface area contributed by atoms with Crippen molar-refractivity contribution in [1.29, 1.82) is 0 Å². The maximum Gasteiger partial charge on any atom is 0.270 e. The van der Waals surface area contributed by atoms with Gasteiger partial charge in [0, 0.05) is 25.1 Å². The molecule has 0 bridgehead atoms. The van der Waals surface area contributed by atoms with Crippen LogP contribution in [-0.4, -0.2) is 25.4 Å². The number of nitrogens with zero attached hydrogens (tertiary/aromatic N) is 4. The lowest BCUT2D eigenvalue weighted by Gasteiger charge is -2.19. The van der Waals surface area contributed by atoms with E-state index in [0.29, 0.717) is 11.5 Å². The van der Waals surface area contributed by atoms with E-state index < -0.39 is 0 Å². The topological polar surface area (TPSA) is 72.7 Å². The van der Waals surface area contributed by atoms with Crippen LogP contribution in [0.2, 0.25) is 0 Å². The quantitative estimate of drug-likeness (QED) is 0.800. The summed E-state index contributed by atoms with van der Waals surface area (Å²) in [6.07, 6.45) is 3.58. The van der Waals surface area contributed by atoms with Crippen LogP contribution in [0.3, 0.4) is 0 Å². The molecule has 0 aliphatic rings. The fourth-order valence-corrected chi connectivity index (χ4v) is 2.64. The first-order chi connectivity index (χ1) is 11.5. The Morgan fingerprint density at radius 3 is 2.54 bits per heavy atom. The number of carbonyl (C=O) groups excluding carboxylic acids is 1. The molecule has 0 radical (unpaired) electrons. The summed E-state index contributed by atoms with van der Waals surface area (Å²) >= 11 is 0. The Hall–Kier alpha value is -3.02. The third kappa shape index (κ3) is 3.32. The summed E-state index contributed by atoms with van der Waals surface area (Å²) in [4.78, 5) is 25.5. The average molecular weight is 321 g/mol. The van der Waals surface area contributed by atoms with Crippen molar-refractivity contribution in [2.45, 2.75) is 19.9 Å². The minimum atomic E-state index is -0.353. The molecule has 1 amide bonds. The van der Waals surface area contributed by atoms with Crippen LogP contribution in [0.15, 0.2) is 48.8 Å². The van der Waals surface area contributed by atoms with Crippen molar-refractivity contribution in [2.24, 2.45) is 7.05 Å². The minimum Gasteiger partial charge on any atom is -0.337 e. The number of carbonyl (C=O) groups is 1. The molecule has 1 N–H and O–H groups in total. The van der Waals surface area contributed by atoms with Gasteiger partial charge in [-0.05, 0) is 25.5 Å². The zero-order chi connectivity index (χ0) is 17.1. The van der Waals surface area contributed by atoms with Crippen LogP contribution < -0.4 is 5.32 Å². The molecule has 3 rings (SSSR count). The van der Waals surface area contributed by atoms with Crippen LogP contribution in [0, 0.1) is 13.8 Å². The highest BCUT2D eigenvalue weighted by atomic mass is 16.2. The van der Waals surface area contributed by atoms with E-state index in [1.54, 1.807) is 19.2 Å². The van der Waals surface area contributed by atoms with Gasteiger partial charge in [-0.2, -0.15) is 0 Å². The molecule has 24 heavy (non-hydrogen) atoms. The molecule has 2 aromatic heterocycles. The van der Waals surface area contributed by atoms with Gasteiger partial charge in [0.1, 0.15) is 23.4 Å². The molecule has 0 saturated carbocycles. The molecule has 1 atom stereocenters. The van der Waals surface area contributed by atoms with Crippen LogP contribution in [0.5, 0.6) is 0 Å². The van der Waals surface area contributed by atoms with Crippen LogP contribution in [0.25, 0.3) is 0 Å². The number of amides is 1. The van der Waals surface area contributed by atoms with Gasteiger partial charge in [0.05, 0.1) is 0 Å². The van der Waals surface area contributed by atoms with Crippen molar-refractivity contribution in [2.75, 3.05) is 0 Å². The lowest BCUT2D eigenvalue weighted by atomic mass is 10.1. The summed E-state index contributed by atoms with van der Waals surface area (Å²) in [7, 11) is 1.91. The third-order valence-electron chi connectivity index (χ3n) is 3.72. The van der Waals surface area contributed by atoms with Crippen molar-refractivity contribution >= 4 is 5.91 Å². The van der Waals surface area contributed by atoms with Gasteiger partial charge in [-0.15, -0.1) is 0 Å². The van der Waals surface area contributed by atoms with Crippen LogP contribution in [0.4, 0.5) is 0 Å². The predicted molar refractivity (Wildman–Crippen MR) is 90.5 cm³/mol. The Morgan fingerprint density at radius 2 is 1.92 bits per heavy atom. The molecule has 6 heteroatoms. The lowest BCUT2D eigenvalue weighted by molar-refractivity contribution is 0.0935. The zero-order valence-electron chi connectivity index (χ0n) is 13.9. The fourth-order valence-electron chi connectivity index (χ4n) is 2.64. The Balaban J connectivity index is 1.95. The number of nitrogens with one attached hydrogen (secondary N) is 1. The van der Waals surface area contributed by atoms with Crippen molar-refractivity contribution < 1.29 is 4.79 Å². The highest BCUT2D eigenvalue weighted by Gasteiger charge is 2.22. The molecule has 0 spiro atoms. The summed E-state index contributed by atoms with van der Waals surface area (Å²) in [6.45, 7) is 3.62. The molecule has 1 aromatic carbocycles. The minimum absolute atomic E-state index is 0.250. The molecular formula is C18H19N5O. The maximum absolute atomic E-state index is 12.7. The lowest BCUT2D eigenvalue weighted by Crippen LogP contribution is -2.32. The summed E-state index contributed by atoms with van der Waals surface area (Å²) in [5.74, 6) is 1.09. The zero-order valence-corrected chi connectivity index (χ0v) is 13.9. The molecule has 6 nitrogen and oxygen atoms in total. The van der Waals surface area contributed by atoms with Gasteiger partial charge in [0.2, 0.25) is 0 Å². The van der Waals surface area contributed by atoms with E-state index in [9.17, 15) is 4.79 Å². The Kier molecular flexibility index (Phi) is 4.37. The Morgan fingerprint density at radius 1 is 1.17 bits per heavy atom. The molecule has 0 saturated heterocycles. The van der Waals surface area contributed by atoms with E-state index >= 15 is 0 Å². The average Bonchev–Trinajstić information content (AvgIpc) is 2.98. The molecule has 0 aliphatic heterocycles. The number of aromatic nitrogens is 4. The molecule has 0 unspecified atom stereocenters. The SMILES string of the molecule is Cc1cc(C(=O)N[C@@H](c2ccccc2)c2nccn2C)nc(C)n1. The highest BCUT2D eigenvalue weighted by Crippen LogP contribution is 2.20. The summed E-state index contributed by atoms with van der Waals surface area (Å²) in [6, 6.07) is 11.1. The first kappa shape index (κ1) is 15.9. The summed E-state index contributed by atoms with van der Waals surface area (Å²) in [5, 5.41) is 3.03. The molecule has 3 aromatic rings.